The predicted molar refractivity (Wildman–Crippen MR) is 63.4 cm³/mol. The van der Waals surface area contributed by atoms with Gasteiger partial charge in [0.1, 0.15) is 6.10 Å². The fourth-order valence-electron chi connectivity index (χ4n) is 1.94. The number of nitrogens with zero attached hydrogens (tertiary/aromatic N) is 2. The summed E-state index contributed by atoms with van der Waals surface area (Å²) in [5.74, 6) is 0.846. The second kappa shape index (κ2) is 3.77. The van der Waals surface area contributed by atoms with Crippen molar-refractivity contribution in [2.24, 2.45) is 11.1 Å². The highest BCUT2D eigenvalue weighted by atomic mass is 16.5. The Kier molecular flexibility index (Phi) is 2.70. The number of hydrogen-bond acceptors (Lipinski definition) is 3. The molecule has 1 aromatic heterocycles. The molecule has 0 aliphatic heterocycles. The summed E-state index contributed by atoms with van der Waals surface area (Å²) in [6.07, 6.45) is 4.87. The molecule has 2 rings (SSSR count). The average Bonchev–Trinajstić information content (AvgIpc) is 2.66. The van der Waals surface area contributed by atoms with E-state index in [-0.39, 0.29) is 17.6 Å². The Bertz CT molecular complexity index is 370. The lowest BCUT2D eigenvalue weighted by molar-refractivity contribution is -0.0400. The maximum Gasteiger partial charge on any atom is 0.157 e. The first kappa shape index (κ1) is 11.5. The number of ether oxygens (including phenoxy) is 1. The van der Waals surface area contributed by atoms with Gasteiger partial charge < -0.3 is 10.5 Å². The van der Waals surface area contributed by atoms with Crippen molar-refractivity contribution in [2.75, 3.05) is 0 Å². The number of rotatable bonds is 3. The minimum atomic E-state index is 0.0694. The van der Waals surface area contributed by atoms with Crippen LogP contribution in [0.15, 0.2) is 12.4 Å². The first-order valence-corrected chi connectivity index (χ1v) is 5.87. The predicted octanol–water partition coefficient (Wildman–Crippen LogP) is 1.97. The molecule has 0 aromatic carbocycles. The van der Waals surface area contributed by atoms with Crippen molar-refractivity contribution in [3.8, 4) is 5.75 Å². The molecule has 4 heteroatoms. The molecule has 1 fully saturated rings. The van der Waals surface area contributed by atoms with Crippen molar-refractivity contribution in [3.63, 3.8) is 0 Å². The molecule has 0 spiro atoms. The van der Waals surface area contributed by atoms with Crippen LogP contribution < -0.4 is 10.5 Å². The molecule has 1 aliphatic carbocycles. The Morgan fingerprint density at radius 3 is 2.69 bits per heavy atom. The quantitative estimate of drug-likeness (QED) is 0.852. The first-order chi connectivity index (χ1) is 7.41. The monoisotopic (exact) mass is 223 g/mol. The van der Waals surface area contributed by atoms with E-state index < -0.39 is 0 Å². The molecule has 1 heterocycles. The second-order valence-electron chi connectivity index (χ2n) is 5.52. The highest BCUT2D eigenvalue weighted by molar-refractivity contribution is 5.15. The lowest BCUT2D eigenvalue weighted by Gasteiger charge is -2.49. The number of nitrogens with two attached hydrogens (primary N) is 1. The third-order valence-electron chi connectivity index (χ3n) is 3.64. The molecule has 16 heavy (non-hydrogen) atoms. The number of hydrogen-bond donors (Lipinski definition) is 1. The van der Waals surface area contributed by atoms with E-state index >= 15 is 0 Å². The highest BCUT2D eigenvalue weighted by Gasteiger charge is 2.48. The van der Waals surface area contributed by atoms with E-state index in [1.165, 1.54) is 0 Å². The van der Waals surface area contributed by atoms with Crippen LogP contribution in [0.1, 0.15) is 40.2 Å². The van der Waals surface area contributed by atoms with Gasteiger partial charge >= 0.3 is 0 Å². The molecule has 0 bridgehead atoms. The lowest BCUT2D eigenvalue weighted by atomic mass is 9.65. The van der Waals surface area contributed by atoms with Crippen LogP contribution in [0.5, 0.6) is 5.75 Å². The van der Waals surface area contributed by atoms with Gasteiger partial charge in [-0.2, -0.15) is 5.10 Å². The molecule has 2 unspecified atom stereocenters. The average molecular weight is 223 g/mol. The Morgan fingerprint density at radius 2 is 2.25 bits per heavy atom. The molecule has 2 atom stereocenters. The third-order valence-corrected chi connectivity index (χ3v) is 3.64. The van der Waals surface area contributed by atoms with Crippen LogP contribution in [0.4, 0.5) is 0 Å². The Balaban J connectivity index is 2.00. The molecule has 90 valence electrons. The van der Waals surface area contributed by atoms with Gasteiger partial charge in [0.25, 0.3) is 0 Å². The fraction of sp³-hybridized carbons (Fsp3) is 0.750. The topological polar surface area (TPSA) is 53.1 Å². The van der Waals surface area contributed by atoms with Gasteiger partial charge in [-0.1, -0.05) is 13.8 Å². The van der Waals surface area contributed by atoms with E-state index in [4.69, 9.17) is 10.5 Å². The van der Waals surface area contributed by atoms with Crippen LogP contribution >= 0.6 is 0 Å². The van der Waals surface area contributed by atoms with Gasteiger partial charge in [-0.25, -0.2) is 0 Å². The van der Waals surface area contributed by atoms with E-state index in [0.717, 1.165) is 12.2 Å². The van der Waals surface area contributed by atoms with E-state index in [1.807, 2.05) is 10.9 Å². The molecule has 0 radical (unpaired) electrons. The van der Waals surface area contributed by atoms with E-state index in [0.29, 0.717) is 6.04 Å². The Hall–Kier alpha value is -1.03. The summed E-state index contributed by atoms with van der Waals surface area (Å²) < 4.78 is 7.81. The first-order valence-electron chi connectivity index (χ1n) is 5.87. The van der Waals surface area contributed by atoms with Crippen LogP contribution in [0, 0.1) is 5.41 Å². The molecule has 2 N–H and O–H groups in total. The summed E-state index contributed by atoms with van der Waals surface area (Å²) in [7, 11) is 0. The van der Waals surface area contributed by atoms with Crippen molar-refractivity contribution in [1.82, 2.24) is 9.78 Å². The van der Waals surface area contributed by atoms with E-state index in [9.17, 15) is 0 Å². The van der Waals surface area contributed by atoms with Gasteiger partial charge in [0, 0.05) is 23.9 Å². The fourth-order valence-corrected chi connectivity index (χ4v) is 1.94. The smallest absolute Gasteiger partial charge is 0.157 e. The Morgan fingerprint density at radius 1 is 1.56 bits per heavy atom. The lowest BCUT2D eigenvalue weighted by Crippen LogP contribution is -2.60. The third kappa shape index (κ3) is 1.82. The van der Waals surface area contributed by atoms with Gasteiger partial charge in [0.2, 0.25) is 0 Å². The van der Waals surface area contributed by atoms with Crippen LogP contribution in [-0.4, -0.2) is 21.9 Å². The maximum absolute atomic E-state index is 5.95. The van der Waals surface area contributed by atoms with Gasteiger partial charge in [-0.3, -0.25) is 4.68 Å². The van der Waals surface area contributed by atoms with Crippen LogP contribution in [0.2, 0.25) is 0 Å². The van der Waals surface area contributed by atoms with Gasteiger partial charge in [-0.05, 0) is 13.8 Å². The van der Waals surface area contributed by atoms with Crippen LogP contribution in [0.3, 0.4) is 0 Å². The Labute approximate surface area is 96.8 Å². The van der Waals surface area contributed by atoms with Crippen molar-refractivity contribution in [2.45, 2.75) is 52.3 Å². The summed E-state index contributed by atoms with van der Waals surface area (Å²) in [6, 6.07) is 0.617. The number of aromatic nitrogens is 2. The normalized spacial score (nSPS) is 27.9. The molecule has 1 aromatic rings. The highest BCUT2D eigenvalue weighted by Crippen LogP contribution is 2.41. The largest absolute Gasteiger partial charge is 0.486 e. The molecular weight excluding hydrogens is 202 g/mol. The van der Waals surface area contributed by atoms with Crippen molar-refractivity contribution >= 4 is 0 Å². The molecule has 0 saturated heterocycles. The second-order valence-corrected chi connectivity index (χ2v) is 5.52. The van der Waals surface area contributed by atoms with E-state index in [1.54, 1.807) is 6.20 Å². The zero-order chi connectivity index (χ0) is 11.9. The minimum Gasteiger partial charge on any atom is -0.486 e. The molecule has 0 amide bonds. The van der Waals surface area contributed by atoms with Crippen molar-refractivity contribution in [3.05, 3.63) is 12.4 Å². The molecular formula is C12H21N3O. The molecule has 1 saturated carbocycles. The van der Waals surface area contributed by atoms with Gasteiger partial charge in [-0.15, -0.1) is 0 Å². The summed E-state index contributed by atoms with van der Waals surface area (Å²) in [4.78, 5) is 0. The van der Waals surface area contributed by atoms with Crippen molar-refractivity contribution < 1.29 is 4.74 Å². The minimum absolute atomic E-state index is 0.0694. The molecule has 4 nitrogen and oxygen atoms in total. The summed E-state index contributed by atoms with van der Waals surface area (Å²) in [6.45, 7) is 8.50. The van der Waals surface area contributed by atoms with E-state index in [2.05, 4.69) is 32.8 Å². The zero-order valence-electron chi connectivity index (χ0n) is 10.5. The standard InChI is InChI=1S/C12H21N3O/c1-8(2)15-7-9(6-14-15)16-11-5-10(13)12(11,3)4/h6-8,10-11H,5,13H2,1-4H3. The zero-order valence-corrected chi connectivity index (χ0v) is 10.5. The maximum atomic E-state index is 5.95. The SMILES string of the molecule is CC(C)n1cc(OC2CC(N)C2(C)C)cn1. The summed E-state index contributed by atoms with van der Waals surface area (Å²) in [5, 5.41) is 4.25. The summed E-state index contributed by atoms with van der Waals surface area (Å²) in [5.41, 5.74) is 6.02. The van der Waals surface area contributed by atoms with Gasteiger partial charge in [0.05, 0.1) is 12.4 Å². The molecule has 1 aliphatic rings. The van der Waals surface area contributed by atoms with Gasteiger partial charge in [0.15, 0.2) is 5.75 Å². The van der Waals surface area contributed by atoms with Crippen molar-refractivity contribution in [1.29, 1.82) is 0 Å². The van der Waals surface area contributed by atoms with Crippen LogP contribution in [-0.2, 0) is 0 Å². The summed E-state index contributed by atoms with van der Waals surface area (Å²) >= 11 is 0. The van der Waals surface area contributed by atoms with Crippen LogP contribution in [0.25, 0.3) is 0 Å².